The van der Waals surface area contributed by atoms with Gasteiger partial charge in [0, 0.05) is 12.6 Å². The fourth-order valence-corrected chi connectivity index (χ4v) is 3.36. The second-order valence-corrected chi connectivity index (χ2v) is 8.88. The van der Waals surface area contributed by atoms with E-state index in [-0.39, 0.29) is 31.7 Å². The molecular formula is C24H32FN5O7. The van der Waals surface area contributed by atoms with Gasteiger partial charge in [-0.05, 0) is 24.3 Å². The van der Waals surface area contributed by atoms with E-state index < -0.39 is 59.8 Å². The van der Waals surface area contributed by atoms with Gasteiger partial charge in [0.25, 0.3) is 11.5 Å². The molecule has 0 saturated carbocycles. The summed E-state index contributed by atoms with van der Waals surface area (Å²) in [6, 6.07) is 7.24. The highest BCUT2D eigenvalue weighted by atomic mass is 19.1. The molecule has 6 N–H and O–H groups in total. The Morgan fingerprint density at radius 3 is 2.49 bits per heavy atom. The van der Waals surface area contributed by atoms with Crippen molar-refractivity contribution in [3.63, 3.8) is 0 Å². The first-order chi connectivity index (χ1) is 17.5. The highest BCUT2D eigenvalue weighted by Gasteiger charge is 2.28. The van der Waals surface area contributed by atoms with Crippen molar-refractivity contribution in [1.82, 2.24) is 20.2 Å². The molecule has 0 radical (unpaired) electrons. The molecule has 2 amide bonds. The van der Waals surface area contributed by atoms with Gasteiger partial charge >= 0.3 is 11.7 Å². The number of aromatic nitrogens is 2. The minimum atomic E-state index is -1.54. The number of esters is 1. The van der Waals surface area contributed by atoms with E-state index in [0.717, 1.165) is 5.56 Å². The van der Waals surface area contributed by atoms with Crippen molar-refractivity contribution in [1.29, 1.82) is 0 Å². The number of nitrogens with one attached hydrogen (secondary N) is 3. The SMILES string of the molecule is CC(C)C[C@H](NC(=O)[C@@H](O)[C@H](N)Cc1ccccc1)C(=O)NCCC(=O)OCn1cc(F)c(=O)[nH]c1=O. The van der Waals surface area contributed by atoms with E-state index >= 15 is 0 Å². The summed E-state index contributed by atoms with van der Waals surface area (Å²) in [6.45, 7) is 2.92. The predicted octanol–water partition coefficient (Wildman–Crippen LogP) is -0.855. The lowest BCUT2D eigenvalue weighted by molar-refractivity contribution is -0.147. The molecule has 1 aromatic carbocycles. The quantitative estimate of drug-likeness (QED) is 0.211. The summed E-state index contributed by atoms with van der Waals surface area (Å²) < 4.78 is 18.8. The standard InChI is InChI=1S/C24H32FN5O7/c1-14(2)10-18(28-23(35)20(32)17(26)11-15-6-4-3-5-7-15)22(34)27-9-8-19(31)37-13-30-12-16(25)21(33)29-24(30)36/h3-7,12,14,17-18,20,32H,8-11,13,26H2,1-2H3,(H,27,34)(H,28,35)(H,29,33,36)/t17-,18+,20+/m1/s1. The lowest BCUT2D eigenvalue weighted by Gasteiger charge is -2.24. The summed E-state index contributed by atoms with van der Waals surface area (Å²) in [5, 5.41) is 15.4. The first kappa shape index (κ1) is 29.4. The molecular weight excluding hydrogens is 489 g/mol. The zero-order chi connectivity index (χ0) is 27.5. The Morgan fingerprint density at radius 2 is 1.84 bits per heavy atom. The van der Waals surface area contributed by atoms with E-state index in [1.54, 1.807) is 4.98 Å². The smallest absolute Gasteiger partial charge is 0.331 e. The lowest BCUT2D eigenvalue weighted by atomic mass is 9.99. The Kier molecular flexibility index (Phi) is 11.2. The maximum absolute atomic E-state index is 13.3. The van der Waals surface area contributed by atoms with Gasteiger partial charge in [0.05, 0.1) is 12.6 Å². The number of carbonyl (C=O) groups excluding carboxylic acids is 3. The maximum atomic E-state index is 13.3. The number of amides is 2. The average Bonchev–Trinajstić information content (AvgIpc) is 2.84. The number of nitrogens with two attached hydrogens (primary N) is 1. The molecule has 1 aromatic heterocycles. The summed E-state index contributed by atoms with van der Waals surface area (Å²) >= 11 is 0. The second kappa shape index (κ2) is 14.0. The van der Waals surface area contributed by atoms with Crippen LogP contribution < -0.4 is 27.6 Å². The number of carbonyl (C=O) groups is 3. The van der Waals surface area contributed by atoms with Gasteiger partial charge in [-0.15, -0.1) is 0 Å². The molecule has 2 aromatic rings. The molecule has 12 nitrogen and oxygen atoms in total. The molecule has 0 unspecified atom stereocenters. The Hall–Kier alpha value is -3.84. The molecule has 37 heavy (non-hydrogen) atoms. The number of hydrogen-bond donors (Lipinski definition) is 5. The van der Waals surface area contributed by atoms with Crippen LogP contribution in [0.2, 0.25) is 0 Å². The van der Waals surface area contributed by atoms with E-state index in [2.05, 4.69) is 10.6 Å². The minimum Gasteiger partial charge on any atom is -0.444 e. The highest BCUT2D eigenvalue weighted by molar-refractivity contribution is 5.89. The predicted molar refractivity (Wildman–Crippen MR) is 131 cm³/mol. The van der Waals surface area contributed by atoms with E-state index in [9.17, 15) is 33.5 Å². The average molecular weight is 522 g/mol. The largest absolute Gasteiger partial charge is 0.444 e. The maximum Gasteiger partial charge on any atom is 0.331 e. The van der Waals surface area contributed by atoms with Crippen molar-refractivity contribution in [2.45, 2.75) is 58.0 Å². The molecule has 1 heterocycles. The number of H-pyrrole nitrogens is 1. The van der Waals surface area contributed by atoms with Crippen LogP contribution in [0.4, 0.5) is 4.39 Å². The fraction of sp³-hybridized carbons (Fsp3) is 0.458. The highest BCUT2D eigenvalue weighted by Crippen LogP contribution is 2.08. The van der Waals surface area contributed by atoms with Crippen molar-refractivity contribution < 1.29 is 28.6 Å². The normalized spacial score (nSPS) is 13.5. The van der Waals surface area contributed by atoms with Crippen LogP contribution in [0.5, 0.6) is 0 Å². The number of hydrogen-bond acceptors (Lipinski definition) is 8. The molecule has 0 aliphatic carbocycles. The zero-order valence-electron chi connectivity index (χ0n) is 20.6. The summed E-state index contributed by atoms with van der Waals surface area (Å²) in [5.41, 5.74) is 4.69. The van der Waals surface area contributed by atoms with Crippen LogP contribution in [0.25, 0.3) is 0 Å². The Balaban J connectivity index is 1.85. The van der Waals surface area contributed by atoms with E-state index in [1.807, 2.05) is 44.2 Å². The van der Waals surface area contributed by atoms with Crippen LogP contribution in [0, 0.1) is 11.7 Å². The van der Waals surface area contributed by atoms with E-state index in [1.165, 1.54) is 0 Å². The van der Waals surface area contributed by atoms with Gasteiger partial charge in [-0.2, -0.15) is 4.39 Å². The molecule has 0 bridgehead atoms. The fourth-order valence-electron chi connectivity index (χ4n) is 3.36. The van der Waals surface area contributed by atoms with E-state index in [0.29, 0.717) is 10.8 Å². The van der Waals surface area contributed by atoms with Crippen molar-refractivity contribution >= 4 is 17.8 Å². The van der Waals surface area contributed by atoms with Gasteiger partial charge in [0.15, 0.2) is 6.73 Å². The third-order valence-electron chi connectivity index (χ3n) is 5.29. The number of ether oxygens (including phenoxy) is 1. The van der Waals surface area contributed by atoms with Gasteiger partial charge in [-0.3, -0.25) is 28.7 Å². The number of aliphatic hydroxyl groups is 1. The van der Waals surface area contributed by atoms with Crippen LogP contribution in [0.15, 0.2) is 46.1 Å². The van der Waals surface area contributed by atoms with Crippen molar-refractivity contribution in [2.24, 2.45) is 11.7 Å². The monoisotopic (exact) mass is 521 g/mol. The summed E-state index contributed by atoms with van der Waals surface area (Å²) in [5.74, 6) is -3.36. The second-order valence-electron chi connectivity index (χ2n) is 8.88. The Morgan fingerprint density at radius 1 is 1.16 bits per heavy atom. The molecule has 0 aliphatic heterocycles. The topological polar surface area (TPSA) is 186 Å². The van der Waals surface area contributed by atoms with Crippen molar-refractivity contribution in [3.05, 3.63) is 68.7 Å². The number of rotatable bonds is 13. The number of nitrogens with zero attached hydrogens (tertiary/aromatic N) is 1. The van der Waals surface area contributed by atoms with Crippen LogP contribution in [-0.2, 0) is 32.3 Å². The van der Waals surface area contributed by atoms with Gasteiger partial charge < -0.3 is 26.2 Å². The lowest BCUT2D eigenvalue weighted by Crippen LogP contribution is -2.54. The molecule has 0 saturated heterocycles. The molecule has 202 valence electrons. The number of aromatic amines is 1. The third kappa shape index (κ3) is 9.61. The number of aliphatic hydroxyl groups excluding tert-OH is 1. The Labute approximate surface area is 212 Å². The van der Waals surface area contributed by atoms with Crippen LogP contribution in [-0.4, -0.2) is 57.2 Å². The Bertz CT molecular complexity index is 1180. The van der Waals surface area contributed by atoms with Crippen molar-refractivity contribution in [3.8, 4) is 0 Å². The van der Waals surface area contributed by atoms with E-state index in [4.69, 9.17) is 10.5 Å². The van der Waals surface area contributed by atoms with Crippen molar-refractivity contribution in [2.75, 3.05) is 6.54 Å². The molecule has 0 aliphatic rings. The zero-order valence-corrected chi connectivity index (χ0v) is 20.6. The van der Waals surface area contributed by atoms with Crippen LogP contribution >= 0.6 is 0 Å². The number of halogens is 1. The summed E-state index contributed by atoms with van der Waals surface area (Å²) in [4.78, 5) is 61.5. The van der Waals surface area contributed by atoms with Gasteiger partial charge in [-0.1, -0.05) is 44.2 Å². The first-order valence-electron chi connectivity index (χ1n) is 11.7. The van der Waals surface area contributed by atoms with Gasteiger partial charge in [-0.25, -0.2) is 4.79 Å². The molecule has 3 atom stereocenters. The third-order valence-corrected chi connectivity index (χ3v) is 5.29. The van der Waals surface area contributed by atoms with Crippen LogP contribution in [0.1, 0.15) is 32.3 Å². The number of benzene rings is 1. The molecule has 0 fully saturated rings. The summed E-state index contributed by atoms with van der Waals surface area (Å²) in [6.07, 6.45) is -0.687. The first-order valence-corrected chi connectivity index (χ1v) is 11.7. The van der Waals surface area contributed by atoms with Crippen LogP contribution in [0.3, 0.4) is 0 Å². The minimum absolute atomic E-state index is 0.0205. The molecule has 0 spiro atoms. The molecule has 2 rings (SSSR count). The molecule has 13 heteroatoms. The summed E-state index contributed by atoms with van der Waals surface area (Å²) in [7, 11) is 0. The van der Waals surface area contributed by atoms with Gasteiger partial charge in [0.2, 0.25) is 11.7 Å². The van der Waals surface area contributed by atoms with Gasteiger partial charge in [0.1, 0.15) is 12.1 Å².